The third-order valence-electron chi connectivity index (χ3n) is 7.59. The van der Waals surface area contributed by atoms with Crippen LogP contribution in [0.4, 0.5) is 0 Å². The van der Waals surface area contributed by atoms with E-state index in [-0.39, 0.29) is 29.8 Å². The minimum Gasteiger partial charge on any atom is -0.372 e. The molecule has 0 aliphatic carbocycles. The Morgan fingerprint density at radius 3 is 2.19 bits per heavy atom. The minimum absolute atomic E-state index is 0.0119. The molecular weight excluding hydrogens is 359 g/mol. The van der Waals surface area contributed by atoms with Gasteiger partial charge in [-0.05, 0) is 43.9 Å². The molecule has 4 nitrogen and oxygen atoms in total. The van der Waals surface area contributed by atoms with Crippen molar-refractivity contribution < 1.29 is 18.3 Å². The highest BCUT2D eigenvalue weighted by Gasteiger charge is 2.49. The molecule has 0 saturated carbocycles. The van der Waals surface area contributed by atoms with Gasteiger partial charge in [0.1, 0.15) is 12.2 Å². The second kappa shape index (κ2) is 10.7. The lowest BCUT2D eigenvalue weighted by Crippen LogP contribution is -2.46. The van der Waals surface area contributed by atoms with Crippen LogP contribution >= 0.6 is 8.25 Å². The van der Waals surface area contributed by atoms with Crippen molar-refractivity contribution in [3.05, 3.63) is 0 Å². The standard InChI is InChI=1S/C22H44O4P/c1-11-15(5)18(8)22(10,17(7)14(3)4)19(9)25-27(23)26-21-13-16(6)24-20(21)12-2/h14-21H,11-13H2,1-10H3/q+1/t15?,16-,17?,18?,19?,20+,21+,22?/m0/s1. The Bertz CT molecular complexity index is 469. The Labute approximate surface area is 169 Å². The number of hydrogen-bond donors (Lipinski definition) is 0. The van der Waals surface area contributed by atoms with E-state index in [2.05, 4.69) is 62.3 Å². The van der Waals surface area contributed by atoms with Crippen molar-refractivity contribution >= 4 is 8.25 Å². The van der Waals surface area contributed by atoms with Crippen molar-refractivity contribution in [2.75, 3.05) is 0 Å². The van der Waals surface area contributed by atoms with Gasteiger partial charge in [0.15, 0.2) is 0 Å². The highest BCUT2D eigenvalue weighted by Crippen LogP contribution is 2.50. The lowest BCUT2D eigenvalue weighted by atomic mass is 9.59. The minimum atomic E-state index is -2.17. The first-order valence-corrected chi connectivity index (χ1v) is 12.0. The summed E-state index contributed by atoms with van der Waals surface area (Å²) in [5.74, 6) is 2.00. The van der Waals surface area contributed by atoms with Crippen LogP contribution in [-0.4, -0.2) is 24.4 Å². The van der Waals surface area contributed by atoms with Crippen LogP contribution in [0.3, 0.4) is 0 Å². The normalized spacial score (nSPS) is 30.6. The van der Waals surface area contributed by atoms with E-state index in [0.29, 0.717) is 23.7 Å². The summed E-state index contributed by atoms with van der Waals surface area (Å²) < 4.78 is 30.4. The Balaban J connectivity index is 2.89. The van der Waals surface area contributed by atoms with Gasteiger partial charge in [-0.25, -0.2) is 0 Å². The molecule has 0 N–H and O–H groups in total. The molecule has 1 rings (SSSR count). The van der Waals surface area contributed by atoms with Crippen molar-refractivity contribution in [1.29, 1.82) is 0 Å². The molecule has 1 aliphatic heterocycles. The van der Waals surface area contributed by atoms with Gasteiger partial charge in [0.2, 0.25) is 0 Å². The van der Waals surface area contributed by atoms with Crippen LogP contribution in [0.15, 0.2) is 0 Å². The number of rotatable bonds is 11. The van der Waals surface area contributed by atoms with E-state index >= 15 is 0 Å². The molecule has 0 spiro atoms. The van der Waals surface area contributed by atoms with Crippen LogP contribution in [0, 0.1) is 29.1 Å². The van der Waals surface area contributed by atoms with E-state index in [1.165, 1.54) is 0 Å². The first-order chi connectivity index (χ1) is 12.5. The van der Waals surface area contributed by atoms with Gasteiger partial charge in [0, 0.05) is 16.4 Å². The van der Waals surface area contributed by atoms with Crippen LogP contribution in [0.2, 0.25) is 0 Å². The van der Waals surface area contributed by atoms with Gasteiger partial charge in [0.25, 0.3) is 0 Å². The van der Waals surface area contributed by atoms with Crippen molar-refractivity contribution in [3.63, 3.8) is 0 Å². The fraction of sp³-hybridized carbons (Fsp3) is 1.00. The van der Waals surface area contributed by atoms with Gasteiger partial charge in [-0.3, -0.25) is 0 Å². The van der Waals surface area contributed by atoms with E-state index in [1.807, 2.05) is 6.92 Å². The Kier molecular flexibility index (Phi) is 9.89. The first-order valence-electron chi connectivity index (χ1n) is 10.9. The van der Waals surface area contributed by atoms with Crippen molar-refractivity contribution in [3.8, 4) is 0 Å². The predicted octanol–water partition coefficient (Wildman–Crippen LogP) is 7.00. The maximum absolute atomic E-state index is 12.7. The summed E-state index contributed by atoms with van der Waals surface area (Å²) >= 11 is 0. The average Bonchev–Trinajstić information content (AvgIpc) is 2.97. The van der Waals surface area contributed by atoms with Crippen LogP contribution in [0.1, 0.15) is 88.5 Å². The fourth-order valence-electron chi connectivity index (χ4n) is 4.61. The van der Waals surface area contributed by atoms with Crippen molar-refractivity contribution in [2.45, 2.75) is 113 Å². The number of ether oxygens (including phenoxy) is 1. The second-order valence-electron chi connectivity index (χ2n) is 9.32. The van der Waals surface area contributed by atoms with Gasteiger partial charge in [-0.1, -0.05) is 61.8 Å². The summed E-state index contributed by atoms with van der Waals surface area (Å²) in [6, 6.07) is 0. The van der Waals surface area contributed by atoms with E-state index in [9.17, 15) is 4.57 Å². The predicted molar refractivity (Wildman–Crippen MR) is 113 cm³/mol. The van der Waals surface area contributed by atoms with Crippen LogP contribution in [0.25, 0.3) is 0 Å². The molecule has 0 radical (unpaired) electrons. The maximum Gasteiger partial charge on any atom is 0.698 e. The third kappa shape index (κ3) is 5.98. The Hall–Kier alpha value is -0.0200. The highest BCUT2D eigenvalue weighted by atomic mass is 31.1. The van der Waals surface area contributed by atoms with Gasteiger partial charge < -0.3 is 4.74 Å². The van der Waals surface area contributed by atoms with Gasteiger partial charge >= 0.3 is 8.25 Å². The zero-order valence-corrected chi connectivity index (χ0v) is 20.2. The molecule has 0 aromatic carbocycles. The lowest BCUT2D eigenvalue weighted by molar-refractivity contribution is -0.0554. The fourth-order valence-corrected chi connectivity index (χ4v) is 5.59. The summed E-state index contributed by atoms with van der Waals surface area (Å²) in [5, 5.41) is 0. The van der Waals surface area contributed by atoms with E-state index in [4.69, 9.17) is 13.8 Å². The van der Waals surface area contributed by atoms with Crippen LogP contribution < -0.4 is 0 Å². The highest BCUT2D eigenvalue weighted by molar-refractivity contribution is 7.33. The molecule has 9 atom stereocenters. The average molecular weight is 404 g/mol. The molecule has 5 heteroatoms. The Morgan fingerprint density at radius 2 is 1.70 bits per heavy atom. The smallest absolute Gasteiger partial charge is 0.372 e. The zero-order valence-electron chi connectivity index (χ0n) is 19.3. The molecule has 0 amide bonds. The molecule has 1 fully saturated rings. The molecule has 6 unspecified atom stereocenters. The molecule has 0 aromatic heterocycles. The zero-order chi connectivity index (χ0) is 20.9. The van der Waals surface area contributed by atoms with Gasteiger partial charge in [0.05, 0.1) is 12.2 Å². The van der Waals surface area contributed by atoms with Crippen molar-refractivity contribution in [1.82, 2.24) is 0 Å². The van der Waals surface area contributed by atoms with Crippen LogP contribution in [0.5, 0.6) is 0 Å². The Morgan fingerprint density at radius 1 is 1.11 bits per heavy atom. The third-order valence-corrected chi connectivity index (χ3v) is 8.52. The monoisotopic (exact) mass is 403 g/mol. The topological polar surface area (TPSA) is 44.8 Å². The summed E-state index contributed by atoms with van der Waals surface area (Å²) in [5.41, 5.74) is -0.0818. The van der Waals surface area contributed by atoms with Gasteiger partial charge in [-0.15, -0.1) is 9.05 Å². The maximum atomic E-state index is 12.7. The van der Waals surface area contributed by atoms with Crippen LogP contribution in [-0.2, 0) is 18.3 Å². The molecule has 0 bridgehead atoms. The molecule has 1 aliphatic rings. The summed E-state index contributed by atoms with van der Waals surface area (Å²) in [6.45, 7) is 22.2. The molecule has 1 heterocycles. The van der Waals surface area contributed by atoms with E-state index < -0.39 is 8.25 Å². The summed E-state index contributed by atoms with van der Waals surface area (Å²) in [6.07, 6.45) is 2.65. The van der Waals surface area contributed by atoms with E-state index in [1.54, 1.807) is 0 Å². The second-order valence-corrected chi connectivity index (χ2v) is 10.2. The largest absolute Gasteiger partial charge is 0.698 e. The van der Waals surface area contributed by atoms with Crippen molar-refractivity contribution in [2.24, 2.45) is 29.1 Å². The molecule has 1 saturated heterocycles. The SMILES string of the molecule is CCC(C)C(C)C(C)(C(C)O[P+](=O)O[C@@H]1C[C@H](C)O[C@@H]1CC)C(C)C(C)C. The number of hydrogen-bond acceptors (Lipinski definition) is 4. The first kappa shape index (κ1) is 25.0. The summed E-state index contributed by atoms with van der Waals surface area (Å²) in [4.78, 5) is 0. The molecule has 0 aromatic rings. The lowest BCUT2D eigenvalue weighted by Gasteiger charge is -2.47. The van der Waals surface area contributed by atoms with Gasteiger partial charge in [-0.2, -0.15) is 0 Å². The molecular formula is C22H44O4P+. The summed E-state index contributed by atoms with van der Waals surface area (Å²) in [7, 11) is -2.17. The quantitative estimate of drug-likeness (QED) is 0.348. The molecule has 160 valence electrons. The van der Waals surface area contributed by atoms with E-state index in [0.717, 1.165) is 19.3 Å². The molecule has 27 heavy (non-hydrogen) atoms.